The molecule has 6 nitrogen and oxygen atoms in total. The molecule has 0 bridgehead atoms. The van der Waals surface area contributed by atoms with Crippen LogP contribution in [0.2, 0.25) is 0 Å². The van der Waals surface area contributed by atoms with Gasteiger partial charge in [-0.3, -0.25) is 0 Å². The van der Waals surface area contributed by atoms with E-state index in [2.05, 4.69) is 36.1 Å². The van der Waals surface area contributed by atoms with Crippen molar-refractivity contribution in [3.8, 4) is 17.6 Å². The Bertz CT molecular complexity index is 1300. The van der Waals surface area contributed by atoms with Gasteiger partial charge in [-0.25, -0.2) is 8.42 Å². The van der Waals surface area contributed by atoms with Gasteiger partial charge in [-0.15, -0.1) is 0 Å². The highest BCUT2D eigenvalue weighted by Crippen LogP contribution is 2.33. The summed E-state index contributed by atoms with van der Waals surface area (Å²) in [6, 6.07) is 20.8. The maximum Gasteiger partial charge on any atom is 0.246 e. The fourth-order valence-corrected chi connectivity index (χ4v) is 5.81. The van der Waals surface area contributed by atoms with Crippen molar-refractivity contribution in [2.75, 3.05) is 31.1 Å². The van der Waals surface area contributed by atoms with Crippen molar-refractivity contribution in [1.82, 2.24) is 4.31 Å². The molecule has 3 aromatic rings. The molecule has 7 heteroatoms. The van der Waals surface area contributed by atoms with Crippen molar-refractivity contribution in [2.45, 2.75) is 32.1 Å². The molecule has 0 unspecified atom stereocenters. The highest BCUT2D eigenvalue weighted by Gasteiger charge is 2.31. The molecule has 1 fully saturated rings. The molecule has 0 N–H and O–H groups in total. The molecule has 34 heavy (non-hydrogen) atoms. The van der Waals surface area contributed by atoms with Crippen LogP contribution in [0.1, 0.15) is 29.2 Å². The Morgan fingerprint density at radius 2 is 1.56 bits per heavy atom. The van der Waals surface area contributed by atoms with E-state index in [1.165, 1.54) is 15.9 Å². The Morgan fingerprint density at radius 1 is 0.912 bits per heavy atom. The molecule has 3 aromatic carbocycles. The number of hydrogen-bond donors (Lipinski definition) is 0. The van der Waals surface area contributed by atoms with E-state index in [9.17, 15) is 13.7 Å². The summed E-state index contributed by atoms with van der Waals surface area (Å²) in [5.41, 5.74) is 4.70. The minimum atomic E-state index is -3.85. The number of nitriles is 1. The summed E-state index contributed by atoms with van der Waals surface area (Å²) in [5.74, 6) is 0.792. The van der Waals surface area contributed by atoms with Crippen molar-refractivity contribution in [2.24, 2.45) is 0 Å². The van der Waals surface area contributed by atoms with E-state index in [1.807, 2.05) is 38.1 Å². The number of sulfonamides is 1. The number of hydrogen-bond acceptors (Lipinski definition) is 5. The van der Waals surface area contributed by atoms with Gasteiger partial charge in [0.1, 0.15) is 16.4 Å². The third kappa shape index (κ3) is 5.09. The zero-order valence-corrected chi connectivity index (χ0v) is 20.6. The Morgan fingerprint density at radius 3 is 2.15 bits per heavy atom. The molecule has 0 amide bonds. The third-order valence-corrected chi connectivity index (χ3v) is 7.98. The monoisotopic (exact) mass is 475 g/mol. The van der Waals surface area contributed by atoms with E-state index < -0.39 is 10.0 Å². The minimum absolute atomic E-state index is 0.0199. The van der Waals surface area contributed by atoms with Gasteiger partial charge < -0.3 is 9.64 Å². The quantitative estimate of drug-likeness (QED) is 0.499. The molecule has 1 heterocycles. The van der Waals surface area contributed by atoms with E-state index in [0.717, 1.165) is 23.2 Å². The minimum Gasteiger partial charge on any atom is -0.456 e. The first-order chi connectivity index (χ1) is 16.3. The number of ether oxygens (including phenoxy) is 1. The van der Waals surface area contributed by atoms with Crippen LogP contribution >= 0.6 is 0 Å². The van der Waals surface area contributed by atoms with Crippen LogP contribution in [0.4, 0.5) is 5.69 Å². The van der Waals surface area contributed by atoms with Gasteiger partial charge in [-0.1, -0.05) is 25.1 Å². The Labute approximate surface area is 202 Å². The standard InChI is InChI=1S/C27H29N3O3S/c1-4-22-5-8-24(9-6-22)29-11-13-30(14-12-29)34(31,32)27-18-23(19-28)7-10-26(27)33-25-16-20(2)15-21(3)17-25/h5-10,15-18H,4,11-14H2,1-3H3. The van der Waals surface area contributed by atoms with E-state index in [0.29, 0.717) is 31.9 Å². The summed E-state index contributed by atoms with van der Waals surface area (Å²) in [5, 5.41) is 9.38. The average molecular weight is 476 g/mol. The first-order valence-corrected chi connectivity index (χ1v) is 12.9. The highest BCUT2D eigenvalue weighted by atomic mass is 32.2. The molecule has 0 saturated carbocycles. The van der Waals surface area contributed by atoms with Crippen LogP contribution in [0.5, 0.6) is 11.5 Å². The maximum atomic E-state index is 13.6. The van der Waals surface area contributed by atoms with E-state index in [1.54, 1.807) is 12.1 Å². The lowest BCUT2D eigenvalue weighted by Crippen LogP contribution is -2.48. The molecular formula is C27H29N3O3S. The fourth-order valence-electron chi connectivity index (χ4n) is 4.25. The first kappa shape index (κ1) is 23.8. The van der Waals surface area contributed by atoms with E-state index in [4.69, 9.17) is 4.74 Å². The van der Waals surface area contributed by atoms with Gasteiger partial charge in [0.15, 0.2) is 0 Å². The fraction of sp³-hybridized carbons (Fsp3) is 0.296. The summed E-state index contributed by atoms with van der Waals surface area (Å²) in [7, 11) is -3.85. The number of aryl methyl sites for hydroxylation is 3. The van der Waals surface area contributed by atoms with Crippen molar-refractivity contribution < 1.29 is 13.2 Å². The lowest BCUT2D eigenvalue weighted by Gasteiger charge is -2.35. The molecule has 0 aliphatic carbocycles. The molecule has 0 spiro atoms. The van der Waals surface area contributed by atoms with Crippen LogP contribution in [0, 0.1) is 25.2 Å². The van der Waals surface area contributed by atoms with Crippen molar-refractivity contribution in [1.29, 1.82) is 5.26 Å². The van der Waals surface area contributed by atoms with Gasteiger partial charge >= 0.3 is 0 Å². The summed E-state index contributed by atoms with van der Waals surface area (Å²) in [6.45, 7) is 7.95. The highest BCUT2D eigenvalue weighted by molar-refractivity contribution is 7.89. The van der Waals surface area contributed by atoms with Crippen LogP contribution in [-0.4, -0.2) is 38.9 Å². The van der Waals surface area contributed by atoms with Crippen molar-refractivity contribution in [3.05, 3.63) is 82.9 Å². The SMILES string of the molecule is CCc1ccc(N2CCN(S(=O)(=O)c3cc(C#N)ccc3Oc3cc(C)cc(C)c3)CC2)cc1. The second kappa shape index (κ2) is 9.88. The van der Waals surface area contributed by atoms with Crippen molar-refractivity contribution in [3.63, 3.8) is 0 Å². The second-order valence-corrected chi connectivity index (χ2v) is 10.5. The number of piperazine rings is 1. The van der Waals surface area contributed by atoms with Crippen LogP contribution in [-0.2, 0) is 16.4 Å². The molecule has 1 aliphatic heterocycles. The number of rotatable bonds is 6. The molecule has 1 saturated heterocycles. The van der Waals surface area contributed by atoms with Gasteiger partial charge in [0.2, 0.25) is 10.0 Å². The topological polar surface area (TPSA) is 73.6 Å². The predicted molar refractivity (Wildman–Crippen MR) is 134 cm³/mol. The number of anilines is 1. The normalized spacial score (nSPS) is 14.6. The lowest BCUT2D eigenvalue weighted by atomic mass is 10.1. The summed E-state index contributed by atoms with van der Waals surface area (Å²) < 4.78 is 34.8. The Kier molecular flexibility index (Phi) is 6.92. The van der Waals surface area contributed by atoms with Gasteiger partial charge in [-0.05, 0) is 79.4 Å². The third-order valence-electron chi connectivity index (χ3n) is 6.06. The lowest BCUT2D eigenvalue weighted by molar-refractivity contribution is 0.381. The van der Waals surface area contributed by atoms with Crippen LogP contribution in [0.25, 0.3) is 0 Å². The van der Waals surface area contributed by atoms with Gasteiger partial charge in [-0.2, -0.15) is 9.57 Å². The summed E-state index contributed by atoms with van der Waals surface area (Å²) >= 11 is 0. The molecule has 1 aliphatic rings. The summed E-state index contributed by atoms with van der Waals surface area (Å²) in [6.07, 6.45) is 0.987. The van der Waals surface area contributed by atoms with E-state index in [-0.39, 0.29) is 16.2 Å². The van der Waals surface area contributed by atoms with Crippen LogP contribution in [0.15, 0.2) is 65.6 Å². The van der Waals surface area contributed by atoms with Gasteiger partial charge in [0.05, 0.1) is 11.6 Å². The second-order valence-electron chi connectivity index (χ2n) is 8.61. The Hall–Kier alpha value is -3.34. The van der Waals surface area contributed by atoms with Crippen molar-refractivity contribution >= 4 is 15.7 Å². The predicted octanol–water partition coefficient (Wildman–Crippen LogP) is 5.04. The first-order valence-electron chi connectivity index (χ1n) is 11.4. The molecule has 0 radical (unpaired) electrons. The smallest absolute Gasteiger partial charge is 0.246 e. The molecular weight excluding hydrogens is 446 g/mol. The number of nitrogens with zero attached hydrogens (tertiary/aromatic N) is 3. The zero-order valence-electron chi connectivity index (χ0n) is 19.8. The zero-order chi connectivity index (χ0) is 24.3. The largest absolute Gasteiger partial charge is 0.456 e. The molecule has 0 atom stereocenters. The van der Waals surface area contributed by atoms with E-state index >= 15 is 0 Å². The molecule has 0 aromatic heterocycles. The summed E-state index contributed by atoms with van der Waals surface area (Å²) in [4.78, 5) is 2.22. The van der Waals surface area contributed by atoms with Gasteiger partial charge in [0.25, 0.3) is 0 Å². The van der Waals surface area contributed by atoms with Gasteiger partial charge in [0, 0.05) is 31.9 Å². The Balaban J connectivity index is 1.58. The maximum absolute atomic E-state index is 13.6. The molecule has 4 rings (SSSR count). The average Bonchev–Trinajstić information content (AvgIpc) is 2.83. The van der Waals surface area contributed by atoms with Crippen LogP contribution < -0.4 is 9.64 Å². The molecule has 176 valence electrons. The van der Waals surface area contributed by atoms with Crippen LogP contribution in [0.3, 0.4) is 0 Å². The number of benzene rings is 3.